The van der Waals surface area contributed by atoms with Crippen LogP contribution in [0.2, 0.25) is 0 Å². The minimum atomic E-state index is 0.720. The van der Waals surface area contributed by atoms with Crippen molar-refractivity contribution in [2.45, 2.75) is 50.9 Å². The van der Waals surface area contributed by atoms with Crippen molar-refractivity contribution in [2.24, 2.45) is 5.73 Å². The molecule has 0 atom stereocenters. The summed E-state index contributed by atoms with van der Waals surface area (Å²) in [4.78, 5) is 0. The van der Waals surface area contributed by atoms with E-state index in [-0.39, 0.29) is 0 Å². The Bertz CT molecular complexity index is 363. The molecule has 0 aliphatic heterocycles. The van der Waals surface area contributed by atoms with E-state index < -0.39 is 0 Å². The van der Waals surface area contributed by atoms with Gasteiger partial charge in [0.15, 0.2) is 0 Å². The van der Waals surface area contributed by atoms with Gasteiger partial charge in [-0.15, -0.1) is 0 Å². The van der Waals surface area contributed by atoms with Gasteiger partial charge in [-0.2, -0.15) is 0 Å². The lowest BCUT2D eigenvalue weighted by molar-refractivity contribution is 0.333. The summed E-state index contributed by atoms with van der Waals surface area (Å²) in [7, 11) is 0. The van der Waals surface area contributed by atoms with Crippen molar-refractivity contribution in [3.05, 3.63) is 22.6 Å². The van der Waals surface area contributed by atoms with E-state index in [0.29, 0.717) is 0 Å². The Morgan fingerprint density at radius 1 is 1.20 bits per heavy atom. The van der Waals surface area contributed by atoms with E-state index in [9.17, 15) is 0 Å². The second-order valence-electron chi connectivity index (χ2n) is 4.87. The van der Waals surface area contributed by atoms with Crippen LogP contribution in [0.5, 0.6) is 0 Å². The smallest absolute Gasteiger partial charge is 0.110 e. The van der Waals surface area contributed by atoms with Crippen molar-refractivity contribution >= 4 is 0 Å². The van der Waals surface area contributed by atoms with Gasteiger partial charge >= 0.3 is 0 Å². The van der Waals surface area contributed by atoms with Crippen LogP contribution in [-0.4, -0.2) is 6.54 Å². The largest absolute Gasteiger partial charge is 0.465 e. The third-order valence-electron chi connectivity index (χ3n) is 3.93. The van der Waals surface area contributed by atoms with E-state index in [2.05, 4.69) is 0 Å². The Balaban J connectivity index is 1.97. The molecular weight excluding hydrogens is 186 g/mol. The molecule has 1 aromatic rings. The zero-order valence-electron chi connectivity index (χ0n) is 9.22. The first-order chi connectivity index (χ1) is 7.40. The number of nitrogens with two attached hydrogens (primary N) is 1. The third kappa shape index (κ3) is 1.43. The first-order valence-corrected chi connectivity index (χ1v) is 6.23. The number of furan rings is 1. The van der Waals surface area contributed by atoms with E-state index in [1.807, 2.05) is 0 Å². The molecule has 0 radical (unpaired) electrons. The van der Waals surface area contributed by atoms with Gasteiger partial charge in [0.2, 0.25) is 0 Å². The molecule has 15 heavy (non-hydrogen) atoms. The first-order valence-electron chi connectivity index (χ1n) is 6.23. The Morgan fingerprint density at radius 2 is 2.07 bits per heavy atom. The summed E-state index contributed by atoms with van der Waals surface area (Å²) >= 11 is 0. The minimum Gasteiger partial charge on any atom is -0.465 e. The summed E-state index contributed by atoms with van der Waals surface area (Å²) in [5.74, 6) is 3.30. The van der Waals surface area contributed by atoms with E-state index in [4.69, 9.17) is 10.2 Å². The van der Waals surface area contributed by atoms with Gasteiger partial charge in [-0.1, -0.05) is 6.42 Å². The number of hydrogen-bond donors (Lipinski definition) is 1. The van der Waals surface area contributed by atoms with Gasteiger partial charge < -0.3 is 10.2 Å². The second kappa shape index (κ2) is 3.67. The summed E-state index contributed by atoms with van der Waals surface area (Å²) < 4.78 is 6.06. The fourth-order valence-corrected chi connectivity index (χ4v) is 2.91. The molecule has 0 amide bonds. The van der Waals surface area contributed by atoms with Crippen LogP contribution in [0.4, 0.5) is 0 Å². The molecule has 2 aliphatic carbocycles. The maximum absolute atomic E-state index is 6.06. The van der Waals surface area contributed by atoms with Crippen LogP contribution < -0.4 is 5.73 Å². The van der Waals surface area contributed by atoms with E-state index in [0.717, 1.165) is 25.3 Å². The van der Waals surface area contributed by atoms with Gasteiger partial charge in [-0.3, -0.25) is 0 Å². The van der Waals surface area contributed by atoms with Gasteiger partial charge in [0.25, 0.3) is 0 Å². The fraction of sp³-hybridized carbons (Fsp3) is 0.692. The lowest BCUT2D eigenvalue weighted by atomic mass is 9.81. The lowest BCUT2D eigenvalue weighted by Gasteiger charge is -2.24. The van der Waals surface area contributed by atoms with Crippen molar-refractivity contribution < 1.29 is 4.42 Å². The molecule has 3 rings (SSSR count). The predicted octanol–water partition coefficient (Wildman–Crippen LogP) is 2.54. The average molecular weight is 205 g/mol. The summed E-state index contributed by atoms with van der Waals surface area (Å²) in [6, 6.07) is 0. The van der Waals surface area contributed by atoms with Crippen LogP contribution in [0.3, 0.4) is 0 Å². The first kappa shape index (κ1) is 9.46. The Hall–Kier alpha value is -0.760. The molecule has 0 bridgehead atoms. The van der Waals surface area contributed by atoms with Gasteiger partial charge in [0, 0.05) is 12.3 Å². The molecule has 0 unspecified atom stereocenters. The van der Waals surface area contributed by atoms with Crippen molar-refractivity contribution in [3.8, 4) is 0 Å². The number of aryl methyl sites for hydroxylation is 1. The molecular formula is C13H19NO. The highest BCUT2D eigenvalue weighted by atomic mass is 16.3. The highest BCUT2D eigenvalue weighted by Crippen LogP contribution is 2.42. The van der Waals surface area contributed by atoms with Gasteiger partial charge in [0.1, 0.15) is 11.5 Å². The minimum absolute atomic E-state index is 0.720. The molecule has 0 spiro atoms. The average Bonchev–Trinajstić information content (AvgIpc) is 2.67. The quantitative estimate of drug-likeness (QED) is 0.823. The topological polar surface area (TPSA) is 39.2 Å². The maximum Gasteiger partial charge on any atom is 0.110 e. The van der Waals surface area contributed by atoms with Crippen LogP contribution in [0.1, 0.15) is 54.2 Å². The normalized spacial score (nSPS) is 20.3. The van der Waals surface area contributed by atoms with Crippen LogP contribution in [0.15, 0.2) is 4.42 Å². The van der Waals surface area contributed by atoms with Gasteiger partial charge in [-0.25, -0.2) is 0 Å². The molecule has 2 heteroatoms. The Labute approximate surface area is 90.8 Å². The molecule has 0 aromatic carbocycles. The van der Waals surface area contributed by atoms with Crippen LogP contribution in [0, 0.1) is 0 Å². The molecule has 2 nitrogen and oxygen atoms in total. The lowest BCUT2D eigenvalue weighted by Crippen LogP contribution is -2.12. The summed E-state index contributed by atoms with van der Waals surface area (Å²) in [5.41, 5.74) is 8.70. The van der Waals surface area contributed by atoms with Crippen molar-refractivity contribution in [3.63, 3.8) is 0 Å². The van der Waals surface area contributed by atoms with E-state index in [1.165, 1.54) is 54.8 Å². The molecule has 1 heterocycles. The highest BCUT2D eigenvalue weighted by Gasteiger charge is 2.30. The number of hydrogen-bond acceptors (Lipinski definition) is 2. The molecule has 2 N–H and O–H groups in total. The zero-order valence-corrected chi connectivity index (χ0v) is 9.22. The summed E-state index contributed by atoms with van der Waals surface area (Å²) in [6.45, 7) is 0.756. The van der Waals surface area contributed by atoms with E-state index >= 15 is 0 Å². The van der Waals surface area contributed by atoms with Crippen molar-refractivity contribution in [1.29, 1.82) is 0 Å². The molecule has 1 fully saturated rings. The number of fused-ring (bicyclic) bond motifs is 1. The van der Waals surface area contributed by atoms with Crippen LogP contribution >= 0.6 is 0 Å². The van der Waals surface area contributed by atoms with Crippen LogP contribution in [0.25, 0.3) is 0 Å². The maximum atomic E-state index is 6.06. The highest BCUT2D eigenvalue weighted by molar-refractivity contribution is 5.39. The monoisotopic (exact) mass is 205 g/mol. The van der Waals surface area contributed by atoms with Gasteiger partial charge in [0.05, 0.1) is 0 Å². The molecule has 0 saturated heterocycles. The fourth-order valence-electron chi connectivity index (χ4n) is 2.91. The summed E-state index contributed by atoms with van der Waals surface area (Å²) in [6.07, 6.45) is 8.69. The third-order valence-corrected chi connectivity index (χ3v) is 3.93. The molecule has 1 saturated carbocycles. The number of rotatable bonds is 3. The predicted molar refractivity (Wildman–Crippen MR) is 60.1 cm³/mol. The second-order valence-corrected chi connectivity index (χ2v) is 4.87. The van der Waals surface area contributed by atoms with Crippen LogP contribution in [-0.2, 0) is 19.3 Å². The van der Waals surface area contributed by atoms with E-state index in [1.54, 1.807) is 0 Å². The van der Waals surface area contributed by atoms with Crippen molar-refractivity contribution in [2.75, 3.05) is 6.54 Å². The molecule has 1 aromatic heterocycles. The SMILES string of the molecule is NCCc1c(C2CCC2)oc2c1CCC2. The zero-order chi connectivity index (χ0) is 10.3. The van der Waals surface area contributed by atoms with Crippen molar-refractivity contribution in [1.82, 2.24) is 0 Å². The molecule has 82 valence electrons. The molecule has 2 aliphatic rings. The Morgan fingerprint density at radius 3 is 2.73 bits per heavy atom. The van der Waals surface area contributed by atoms with Gasteiger partial charge in [-0.05, 0) is 49.8 Å². The standard InChI is InChI=1S/C13H19NO/c14-8-7-11-10-5-2-6-12(10)15-13(11)9-3-1-4-9/h9H,1-8,14H2. The summed E-state index contributed by atoms with van der Waals surface area (Å²) in [5, 5.41) is 0. The Kier molecular flexibility index (Phi) is 2.32.